The van der Waals surface area contributed by atoms with Gasteiger partial charge in [-0.2, -0.15) is 0 Å². The van der Waals surface area contributed by atoms with Crippen LogP contribution in [0, 0.1) is 0 Å². The number of thiocarbonyl (C=S) groups is 1. The number of aliphatic hydroxyl groups excluding tert-OH is 4. The Morgan fingerprint density at radius 2 is 1.65 bits per heavy atom. The first kappa shape index (κ1) is 17.2. The quantitative estimate of drug-likeness (QED) is 0.212. The van der Waals surface area contributed by atoms with Crippen molar-refractivity contribution in [1.82, 2.24) is 16.2 Å². The molecule has 0 aromatic heterocycles. The van der Waals surface area contributed by atoms with Gasteiger partial charge in [-0.3, -0.25) is 10.2 Å². The molecule has 1 aliphatic carbocycles. The summed E-state index contributed by atoms with van der Waals surface area (Å²) in [4.78, 5) is 11.7. The lowest BCUT2D eigenvalue weighted by molar-refractivity contribution is -0.169. The summed E-state index contributed by atoms with van der Waals surface area (Å²) in [5, 5.41) is 41.2. The Hall–Kier alpha value is -0.840. The minimum absolute atomic E-state index is 0.188. The van der Waals surface area contributed by atoms with E-state index >= 15 is 0 Å². The van der Waals surface area contributed by atoms with Crippen molar-refractivity contribution in [2.45, 2.75) is 56.8 Å². The van der Waals surface area contributed by atoms with E-state index in [1.165, 1.54) is 0 Å². The van der Waals surface area contributed by atoms with E-state index in [1.807, 2.05) is 20.8 Å². The van der Waals surface area contributed by atoms with Crippen LogP contribution in [-0.4, -0.2) is 67.3 Å². The molecule has 1 unspecified atom stereocenters. The van der Waals surface area contributed by atoms with E-state index in [4.69, 9.17) is 12.2 Å². The lowest BCUT2D eigenvalue weighted by Gasteiger charge is -2.37. The molecule has 20 heavy (non-hydrogen) atoms. The van der Waals surface area contributed by atoms with Crippen molar-refractivity contribution in [3.8, 4) is 0 Å². The van der Waals surface area contributed by atoms with Crippen LogP contribution in [0.15, 0.2) is 0 Å². The predicted molar refractivity (Wildman–Crippen MR) is 74.6 cm³/mol. The first-order chi connectivity index (χ1) is 9.04. The molecule has 0 spiro atoms. The van der Waals surface area contributed by atoms with Gasteiger partial charge in [-0.25, -0.2) is 5.43 Å². The van der Waals surface area contributed by atoms with E-state index in [0.29, 0.717) is 0 Å². The zero-order valence-electron chi connectivity index (χ0n) is 11.5. The van der Waals surface area contributed by atoms with E-state index in [2.05, 4.69) is 16.2 Å². The fourth-order valence-corrected chi connectivity index (χ4v) is 2.14. The van der Waals surface area contributed by atoms with Crippen molar-refractivity contribution in [2.75, 3.05) is 0 Å². The third-order valence-corrected chi connectivity index (χ3v) is 3.00. The van der Waals surface area contributed by atoms with Crippen LogP contribution >= 0.6 is 12.2 Å². The van der Waals surface area contributed by atoms with Crippen LogP contribution in [0.5, 0.6) is 0 Å². The first-order valence-corrected chi connectivity index (χ1v) is 6.55. The van der Waals surface area contributed by atoms with Gasteiger partial charge in [0.1, 0.15) is 30.5 Å². The van der Waals surface area contributed by atoms with Crippen molar-refractivity contribution in [1.29, 1.82) is 0 Å². The van der Waals surface area contributed by atoms with Gasteiger partial charge in [-0.15, -0.1) is 0 Å². The highest BCUT2D eigenvalue weighted by atomic mass is 32.1. The normalized spacial score (nSPS) is 34.8. The summed E-state index contributed by atoms with van der Waals surface area (Å²) in [6.07, 6.45) is -6.68. The summed E-state index contributed by atoms with van der Waals surface area (Å²) in [6, 6.07) is -1.29. The summed E-state index contributed by atoms with van der Waals surface area (Å²) in [7, 11) is 0. The van der Waals surface area contributed by atoms with Crippen LogP contribution in [0.2, 0.25) is 0 Å². The third kappa shape index (κ3) is 4.08. The molecular weight excluding hydrogens is 286 g/mol. The number of Topliss-reactive ketones (excluding diaryl/α,β-unsaturated/α-hetero) is 1. The number of rotatable bonds is 2. The standard InChI is InChI=1S/C11H21N3O5S/c1-11(2,3)12-10(20)14-13-4-5(15)7(17)9(19)8(18)6(4)16/h4-5,7-9,13,15,17-19H,1-3H3,(H2,12,14,20)/t4?,5-,7+,8+,9-/m0/s1. The fourth-order valence-electron chi connectivity index (χ4n) is 1.78. The van der Waals surface area contributed by atoms with Crippen LogP contribution < -0.4 is 16.2 Å². The molecule has 1 saturated carbocycles. The number of carbonyl (C=O) groups is 1. The number of carbonyl (C=O) groups excluding carboxylic acids is 1. The fraction of sp³-hybridized carbons (Fsp3) is 0.818. The zero-order chi connectivity index (χ0) is 15.7. The number of aliphatic hydroxyl groups is 4. The van der Waals surface area contributed by atoms with Gasteiger partial charge in [0.2, 0.25) is 0 Å². The monoisotopic (exact) mass is 307 g/mol. The average molecular weight is 307 g/mol. The Kier molecular flexibility index (Phi) is 5.41. The van der Waals surface area contributed by atoms with Crippen molar-refractivity contribution in [2.24, 2.45) is 0 Å². The summed E-state index contributed by atoms with van der Waals surface area (Å²) < 4.78 is 0. The molecule has 0 heterocycles. The van der Waals surface area contributed by atoms with Gasteiger partial charge in [-0.05, 0) is 33.0 Å². The van der Waals surface area contributed by atoms with E-state index in [9.17, 15) is 25.2 Å². The number of ketones is 1. The number of nitrogens with one attached hydrogen (secondary N) is 3. The van der Waals surface area contributed by atoms with Crippen molar-refractivity contribution >= 4 is 23.1 Å². The largest absolute Gasteiger partial charge is 0.388 e. The first-order valence-electron chi connectivity index (χ1n) is 6.14. The maximum atomic E-state index is 11.7. The van der Waals surface area contributed by atoms with E-state index in [-0.39, 0.29) is 10.7 Å². The van der Waals surface area contributed by atoms with Gasteiger partial charge in [0, 0.05) is 5.54 Å². The lowest BCUT2D eigenvalue weighted by atomic mass is 9.85. The maximum absolute atomic E-state index is 11.7. The SMILES string of the molecule is CC(C)(C)NC(=S)NNC1C(=O)[C@@H](O)[C@@H](O)[C@H](O)[C@H]1O. The molecule has 1 fully saturated rings. The number of hydrogen-bond donors (Lipinski definition) is 7. The molecule has 9 heteroatoms. The molecule has 8 nitrogen and oxygen atoms in total. The van der Waals surface area contributed by atoms with Crippen LogP contribution in [0.25, 0.3) is 0 Å². The summed E-state index contributed by atoms with van der Waals surface area (Å²) in [5.41, 5.74) is 4.66. The number of hydrogen-bond acceptors (Lipinski definition) is 7. The minimum Gasteiger partial charge on any atom is -0.388 e. The molecule has 0 amide bonds. The Morgan fingerprint density at radius 1 is 1.10 bits per heavy atom. The van der Waals surface area contributed by atoms with Crippen LogP contribution in [0.1, 0.15) is 20.8 Å². The second-order valence-corrected chi connectivity index (χ2v) is 6.18. The molecule has 0 saturated heterocycles. The zero-order valence-corrected chi connectivity index (χ0v) is 12.3. The highest BCUT2D eigenvalue weighted by Gasteiger charge is 2.48. The second-order valence-electron chi connectivity index (χ2n) is 5.77. The molecule has 0 aromatic carbocycles. The Bertz CT molecular complexity index is 387. The van der Waals surface area contributed by atoms with Gasteiger partial charge in [0.15, 0.2) is 10.9 Å². The van der Waals surface area contributed by atoms with Crippen LogP contribution in [0.4, 0.5) is 0 Å². The summed E-state index contributed by atoms with van der Waals surface area (Å²) in [6.45, 7) is 5.64. The molecule has 7 N–H and O–H groups in total. The molecule has 0 aliphatic heterocycles. The molecule has 116 valence electrons. The van der Waals surface area contributed by atoms with Gasteiger partial charge in [-0.1, -0.05) is 0 Å². The highest BCUT2D eigenvalue weighted by molar-refractivity contribution is 7.80. The van der Waals surface area contributed by atoms with Crippen LogP contribution in [-0.2, 0) is 4.79 Å². The predicted octanol–water partition coefficient (Wildman–Crippen LogP) is -2.85. The van der Waals surface area contributed by atoms with E-state index in [1.54, 1.807) is 0 Å². The molecular formula is C11H21N3O5S. The molecule has 1 aliphatic rings. The lowest BCUT2D eigenvalue weighted by Crippen LogP contribution is -2.68. The smallest absolute Gasteiger partial charge is 0.185 e. The highest BCUT2D eigenvalue weighted by Crippen LogP contribution is 2.17. The average Bonchev–Trinajstić information content (AvgIpc) is 2.32. The summed E-state index contributed by atoms with van der Waals surface area (Å²) >= 11 is 4.98. The Morgan fingerprint density at radius 3 is 2.15 bits per heavy atom. The molecule has 0 radical (unpaired) electrons. The van der Waals surface area contributed by atoms with Gasteiger partial charge in [0.25, 0.3) is 0 Å². The molecule has 5 atom stereocenters. The number of hydrazine groups is 1. The Labute approximate surface area is 122 Å². The Balaban J connectivity index is 2.62. The summed E-state index contributed by atoms with van der Waals surface area (Å²) in [5.74, 6) is -0.832. The topological polar surface area (TPSA) is 134 Å². The van der Waals surface area contributed by atoms with Gasteiger partial charge >= 0.3 is 0 Å². The maximum Gasteiger partial charge on any atom is 0.185 e. The minimum atomic E-state index is -1.77. The van der Waals surface area contributed by atoms with E-state index in [0.717, 1.165) is 0 Å². The molecule has 1 rings (SSSR count). The van der Waals surface area contributed by atoms with Gasteiger partial charge < -0.3 is 25.7 Å². The molecule has 0 bridgehead atoms. The van der Waals surface area contributed by atoms with E-state index < -0.39 is 36.2 Å². The second kappa shape index (κ2) is 6.29. The molecule has 0 aromatic rings. The van der Waals surface area contributed by atoms with Gasteiger partial charge in [0.05, 0.1) is 0 Å². The van der Waals surface area contributed by atoms with Crippen molar-refractivity contribution in [3.63, 3.8) is 0 Å². The van der Waals surface area contributed by atoms with Crippen LogP contribution in [0.3, 0.4) is 0 Å². The van der Waals surface area contributed by atoms with Crippen molar-refractivity contribution < 1.29 is 25.2 Å². The third-order valence-electron chi connectivity index (χ3n) is 2.79. The van der Waals surface area contributed by atoms with Crippen molar-refractivity contribution in [3.05, 3.63) is 0 Å².